The van der Waals surface area contributed by atoms with Crippen LogP contribution in [0.1, 0.15) is 6.42 Å². The van der Waals surface area contributed by atoms with Gasteiger partial charge in [-0.25, -0.2) is 0 Å². The maximum absolute atomic E-state index is 11.6. The molecule has 0 radical (unpaired) electrons. The van der Waals surface area contributed by atoms with Gasteiger partial charge in [-0.2, -0.15) is 0 Å². The molecule has 1 saturated heterocycles. The fraction of sp³-hybridized carbons (Fsp3) is 0.462. The molecule has 1 aromatic rings. The van der Waals surface area contributed by atoms with Crippen molar-refractivity contribution in [2.75, 3.05) is 31.6 Å². The lowest BCUT2D eigenvalue weighted by molar-refractivity contribution is -0.121. The number of benzene rings is 1. The number of hydrogen-bond donors (Lipinski definition) is 2. The van der Waals surface area contributed by atoms with Crippen LogP contribution in [0.4, 0.5) is 5.69 Å². The summed E-state index contributed by atoms with van der Waals surface area (Å²) in [5.41, 5.74) is 0.693. The topological polar surface area (TPSA) is 50.4 Å². The molecule has 1 amide bonds. The molecular formula is C13H17ClN2O2. The van der Waals surface area contributed by atoms with Gasteiger partial charge in [0.2, 0.25) is 5.91 Å². The molecule has 1 aliphatic rings. The summed E-state index contributed by atoms with van der Waals surface area (Å²) in [7, 11) is 0. The predicted molar refractivity (Wildman–Crippen MR) is 71.9 cm³/mol. The first kappa shape index (κ1) is 13.3. The molecule has 0 aromatic heterocycles. The first-order chi connectivity index (χ1) is 8.74. The fourth-order valence-corrected chi connectivity index (χ4v) is 2.13. The van der Waals surface area contributed by atoms with Gasteiger partial charge in [-0.15, -0.1) is 0 Å². The van der Waals surface area contributed by atoms with E-state index in [-0.39, 0.29) is 12.5 Å². The number of rotatable bonds is 5. The maximum atomic E-state index is 11.6. The van der Waals surface area contributed by atoms with Crippen molar-refractivity contribution in [1.29, 1.82) is 0 Å². The third-order valence-electron chi connectivity index (χ3n) is 2.86. The van der Waals surface area contributed by atoms with Crippen LogP contribution in [0.25, 0.3) is 0 Å². The first-order valence-electron chi connectivity index (χ1n) is 6.08. The van der Waals surface area contributed by atoms with Crippen molar-refractivity contribution in [3.8, 4) is 0 Å². The van der Waals surface area contributed by atoms with Crippen molar-refractivity contribution in [2.45, 2.75) is 6.42 Å². The van der Waals surface area contributed by atoms with Crippen LogP contribution >= 0.6 is 11.6 Å². The highest BCUT2D eigenvalue weighted by Gasteiger charge is 2.14. The number of ether oxygens (including phenoxy) is 1. The fourth-order valence-electron chi connectivity index (χ4n) is 1.94. The minimum atomic E-state index is -0.150. The Bertz CT molecular complexity index is 406. The maximum Gasteiger partial charge on any atom is 0.250 e. The third kappa shape index (κ3) is 4.29. The second kappa shape index (κ2) is 6.73. The van der Waals surface area contributed by atoms with E-state index in [0.29, 0.717) is 23.2 Å². The van der Waals surface area contributed by atoms with E-state index in [1.54, 1.807) is 24.3 Å². The quantitative estimate of drug-likeness (QED) is 0.858. The Kier molecular flexibility index (Phi) is 4.99. The summed E-state index contributed by atoms with van der Waals surface area (Å²) in [6.45, 7) is 2.75. The van der Waals surface area contributed by atoms with Crippen LogP contribution < -0.4 is 10.6 Å². The number of amides is 1. The molecule has 1 heterocycles. The Morgan fingerprint density at radius 3 is 3.17 bits per heavy atom. The lowest BCUT2D eigenvalue weighted by Gasteiger charge is -2.09. The highest BCUT2D eigenvalue weighted by atomic mass is 35.5. The first-order valence-corrected chi connectivity index (χ1v) is 6.46. The third-order valence-corrected chi connectivity index (χ3v) is 3.09. The van der Waals surface area contributed by atoms with Gasteiger partial charge in [0.15, 0.2) is 0 Å². The second-order valence-corrected chi connectivity index (χ2v) is 4.87. The van der Waals surface area contributed by atoms with Crippen molar-refractivity contribution in [2.24, 2.45) is 5.92 Å². The molecular weight excluding hydrogens is 252 g/mol. The van der Waals surface area contributed by atoms with E-state index in [4.69, 9.17) is 16.3 Å². The zero-order valence-electron chi connectivity index (χ0n) is 10.1. The smallest absolute Gasteiger partial charge is 0.250 e. The van der Waals surface area contributed by atoms with Crippen molar-refractivity contribution < 1.29 is 9.53 Å². The number of hydrogen-bond acceptors (Lipinski definition) is 3. The zero-order valence-corrected chi connectivity index (χ0v) is 10.9. The molecule has 98 valence electrons. The van der Waals surface area contributed by atoms with Gasteiger partial charge in [0.1, 0.15) is 6.61 Å². The van der Waals surface area contributed by atoms with Crippen LogP contribution in [0.15, 0.2) is 24.3 Å². The van der Waals surface area contributed by atoms with Gasteiger partial charge in [0.25, 0.3) is 0 Å². The monoisotopic (exact) mass is 268 g/mol. The normalized spacial score (nSPS) is 18.8. The summed E-state index contributed by atoms with van der Waals surface area (Å²) >= 11 is 5.83. The van der Waals surface area contributed by atoms with Crippen molar-refractivity contribution in [1.82, 2.24) is 5.32 Å². The van der Waals surface area contributed by atoms with E-state index >= 15 is 0 Å². The Balaban J connectivity index is 1.68. The molecule has 18 heavy (non-hydrogen) atoms. The molecule has 1 aromatic carbocycles. The van der Waals surface area contributed by atoms with Gasteiger partial charge in [0.05, 0.1) is 6.61 Å². The largest absolute Gasteiger partial charge is 0.371 e. The standard InChI is InChI=1S/C13H17ClN2O2/c14-11-2-1-3-12(6-11)16-13(17)9-18-8-10-4-5-15-7-10/h1-3,6,10,15H,4-5,7-9H2,(H,16,17). The second-order valence-electron chi connectivity index (χ2n) is 4.43. The summed E-state index contributed by atoms with van der Waals surface area (Å²) in [5.74, 6) is 0.382. The summed E-state index contributed by atoms with van der Waals surface area (Å²) in [6.07, 6.45) is 1.12. The zero-order chi connectivity index (χ0) is 12.8. The number of carbonyl (C=O) groups is 1. The van der Waals surface area contributed by atoms with Crippen LogP contribution in [0.2, 0.25) is 5.02 Å². The van der Waals surface area contributed by atoms with E-state index in [1.807, 2.05) is 0 Å². The number of nitrogens with one attached hydrogen (secondary N) is 2. The summed E-state index contributed by atoms with van der Waals surface area (Å²) in [4.78, 5) is 11.6. The molecule has 1 unspecified atom stereocenters. The van der Waals surface area contributed by atoms with Gasteiger partial charge < -0.3 is 15.4 Å². The Hall–Kier alpha value is -1.10. The minimum Gasteiger partial charge on any atom is -0.371 e. The highest BCUT2D eigenvalue weighted by molar-refractivity contribution is 6.30. The van der Waals surface area contributed by atoms with Gasteiger partial charge in [-0.1, -0.05) is 17.7 Å². The summed E-state index contributed by atoms with van der Waals surface area (Å²) < 4.78 is 5.40. The molecule has 5 heteroatoms. The number of carbonyl (C=O) groups excluding carboxylic acids is 1. The lowest BCUT2D eigenvalue weighted by Crippen LogP contribution is -2.21. The van der Waals surface area contributed by atoms with Gasteiger partial charge in [0, 0.05) is 17.3 Å². The van der Waals surface area contributed by atoms with E-state index in [2.05, 4.69) is 10.6 Å². The Morgan fingerprint density at radius 1 is 1.56 bits per heavy atom. The lowest BCUT2D eigenvalue weighted by atomic mass is 10.1. The van der Waals surface area contributed by atoms with E-state index in [0.717, 1.165) is 19.5 Å². The van der Waals surface area contributed by atoms with Crippen molar-refractivity contribution in [3.63, 3.8) is 0 Å². The summed E-state index contributed by atoms with van der Waals surface area (Å²) in [6, 6.07) is 7.06. The molecule has 0 saturated carbocycles. The molecule has 2 rings (SSSR count). The molecule has 0 bridgehead atoms. The molecule has 0 aliphatic carbocycles. The molecule has 1 fully saturated rings. The number of halogens is 1. The SMILES string of the molecule is O=C(COCC1CCNC1)Nc1cccc(Cl)c1. The van der Waals surface area contributed by atoms with E-state index in [1.165, 1.54) is 0 Å². The average Bonchev–Trinajstić information content (AvgIpc) is 2.82. The van der Waals surface area contributed by atoms with Gasteiger partial charge >= 0.3 is 0 Å². The highest BCUT2D eigenvalue weighted by Crippen LogP contribution is 2.14. The van der Waals surface area contributed by atoms with Crippen molar-refractivity contribution >= 4 is 23.2 Å². The van der Waals surface area contributed by atoms with Crippen LogP contribution in [-0.4, -0.2) is 32.2 Å². The van der Waals surface area contributed by atoms with Crippen LogP contribution in [0.3, 0.4) is 0 Å². The van der Waals surface area contributed by atoms with E-state index < -0.39 is 0 Å². The van der Waals surface area contributed by atoms with Crippen LogP contribution in [0, 0.1) is 5.92 Å². The molecule has 2 N–H and O–H groups in total. The van der Waals surface area contributed by atoms with Crippen LogP contribution in [0.5, 0.6) is 0 Å². The molecule has 4 nitrogen and oxygen atoms in total. The molecule has 1 aliphatic heterocycles. The average molecular weight is 269 g/mol. The van der Waals surface area contributed by atoms with Crippen molar-refractivity contribution in [3.05, 3.63) is 29.3 Å². The van der Waals surface area contributed by atoms with Gasteiger partial charge in [-0.05, 0) is 37.1 Å². The minimum absolute atomic E-state index is 0.0863. The van der Waals surface area contributed by atoms with E-state index in [9.17, 15) is 4.79 Å². The molecule has 0 spiro atoms. The summed E-state index contributed by atoms with van der Waals surface area (Å²) in [5, 5.41) is 6.61. The molecule has 1 atom stereocenters. The number of anilines is 1. The predicted octanol–water partition coefficient (Wildman–Crippen LogP) is 1.90. The van der Waals surface area contributed by atoms with Crippen LogP contribution in [-0.2, 0) is 9.53 Å². The Labute approximate surface area is 112 Å². The van der Waals surface area contributed by atoms with Gasteiger partial charge in [-0.3, -0.25) is 4.79 Å². The Morgan fingerprint density at radius 2 is 2.44 bits per heavy atom.